The van der Waals surface area contributed by atoms with E-state index in [-0.39, 0.29) is 0 Å². The first-order valence-corrected chi connectivity index (χ1v) is 6.74. The number of aromatic nitrogens is 5. The Hall–Kier alpha value is -1.69. The quantitative estimate of drug-likeness (QED) is 0.819. The molecule has 100 valence electrons. The van der Waals surface area contributed by atoms with E-state index >= 15 is 0 Å². The minimum absolute atomic E-state index is 0.493. The highest BCUT2D eigenvalue weighted by Crippen LogP contribution is 2.39. The van der Waals surface area contributed by atoms with E-state index in [1.54, 1.807) is 0 Å². The Labute approximate surface area is 116 Å². The summed E-state index contributed by atoms with van der Waals surface area (Å²) in [6.45, 7) is 2.66. The minimum Gasteiger partial charge on any atom is -0.369 e. The molecule has 3 rings (SSSR count). The lowest BCUT2D eigenvalue weighted by Crippen LogP contribution is -2.10. The molecule has 7 heteroatoms. The van der Waals surface area contributed by atoms with Gasteiger partial charge in [0.1, 0.15) is 28.9 Å². The van der Waals surface area contributed by atoms with Gasteiger partial charge in [0.15, 0.2) is 0 Å². The van der Waals surface area contributed by atoms with E-state index in [4.69, 9.17) is 11.6 Å². The summed E-state index contributed by atoms with van der Waals surface area (Å²) in [7, 11) is 0. The second kappa shape index (κ2) is 5.13. The molecule has 2 N–H and O–H groups in total. The number of H-pyrrole nitrogens is 1. The Bertz CT molecular complexity index is 564. The fourth-order valence-corrected chi connectivity index (χ4v) is 2.03. The molecule has 0 radical (unpaired) electrons. The smallest absolute Gasteiger partial charge is 0.137 e. The van der Waals surface area contributed by atoms with Gasteiger partial charge in [0.2, 0.25) is 0 Å². The van der Waals surface area contributed by atoms with Gasteiger partial charge in [0, 0.05) is 24.4 Å². The molecular formula is C12H15ClN6. The summed E-state index contributed by atoms with van der Waals surface area (Å²) in [6, 6.07) is 0. The SMILES string of the molecule is Cc1c(Cl)nc(C2CC2)nc1NCCc1ncn[nH]1. The van der Waals surface area contributed by atoms with E-state index in [1.165, 1.54) is 6.33 Å². The molecule has 1 aliphatic carbocycles. The molecule has 0 saturated heterocycles. The monoisotopic (exact) mass is 278 g/mol. The van der Waals surface area contributed by atoms with E-state index in [2.05, 4.69) is 30.5 Å². The van der Waals surface area contributed by atoms with Gasteiger partial charge >= 0.3 is 0 Å². The van der Waals surface area contributed by atoms with Crippen LogP contribution in [0.1, 0.15) is 36.0 Å². The van der Waals surface area contributed by atoms with Gasteiger partial charge in [0.25, 0.3) is 0 Å². The number of anilines is 1. The largest absolute Gasteiger partial charge is 0.369 e. The lowest BCUT2D eigenvalue weighted by atomic mass is 10.3. The van der Waals surface area contributed by atoms with E-state index < -0.39 is 0 Å². The lowest BCUT2D eigenvalue weighted by Gasteiger charge is -2.10. The summed E-state index contributed by atoms with van der Waals surface area (Å²) in [4.78, 5) is 13.0. The molecule has 2 heterocycles. The molecule has 1 fully saturated rings. The third-order valence-electron chi connectivity index (χ3n) is 3.17. The maximum atomic E-state index is 6.15. The van der Waals surface area contributed by atoms with Crippen LogP contribution in [0.5, 0.6) is 0 Å². The molecule has 0 amide bonds. The Balaban J connectivity index is 1.69. The predicted octanol–water partition coefficient (Wildman–Crippen LogP) is 2.09. The van der Waals surface area contributed by atoms with Crippen molar-refractivity contribution >= 4 is 17.4 Å². The van der Waals surface area contributed by atoms with Crippen molar-refractivity contribution in [1.29, 1.82) is 0 Å². The van der Waals surface area contributed by atoms with E-state index in [9.17, 15) is 0 Å². The molecule has 0 spiro atoms. The summed E-state index contributed by atoms with van der Waals surface area (Å²) < 4.78 is 0. The average molecular weight is 279 g/mol. The third-order valence-corrected chi connectivity index (χ3v) is 3.53. The Kier molecular flexibility index (Phi) is 3.33. The summed E-state index contributed by atoms with van der Waals surface area (Å²) in [6.07, 6.45) is 4.60. The van der Waals surface area contributed by atoms with Gasteiger partial charge in [-0.15, -0.1) is 0 Å². The second-order valence-electron chi connectivity index (χ2n) is 4.73. The number of nitrogens with zero attached hydrogens (tertiary/aromatic N) is 4. The third kappa shape index (κ3) is 2.84. The van der Waals surface area contributed by atoms with Crippen molar-refractivity contribution in [2.75, 3.05) is 11.9 Å². The molecule has 2 aromatic rings. The molecule has 0 unspecified atom stereocenters. The van der Waals surface area contributed by atoms with Crippen LogP contribution >= 0.6 is 11.6 Å². The summed E-state index contributed by atoms with van der Waals surface area (Å²) in [5.74, 6) is 3.03. The number of halogens is 1. The van der Waals surface area contributed by atoms with Crippen LogP contribution in [-0.2, 0) is 6.42 Å². The molecule has 19 heavy (non-hydrogen) atoms. The standard InChI is InChI=1S/C12H15ClN6/c1-7-10(13)17-12(8-2-3-8)18-11(7)14-5-4-9-15-6-16-19-9/h6,8H,2-5H2,1H3,(H,14,17,18)(H,15,16,19). The van der Waals surface area contributed by atoms with Crippen LogP contribution in [0.2, 0.25) is 5.15 Å². The molecule has 1 saturated carbocycles. The minimum atomic E-state index is 0.493. The maximum Gasteiger partial charge on any atom is 0.137 e. The number of nitrogens with one attached hydrogen (secondary N) is 2. The topological polar surface area (TPSA) is 79.4 Å². The fraction of sp³-hybridized carbons (Fsp3) is 0.500. The molecule has 0 aromatic carbocycles. The molecule has 0 atom stereocenters. The van der Waals surface area contributed by atoms with Crippen LogP contribution in [0.4, 0.5) is 5.82 Å². The van der Waals surface area contributed by atoms with Crippen LogP contribution in [0.25, 0.3) is 0 Å². The number of rotatable bonds is 5. The van der Waals surface area contributed by atoms with Gasteiger partial charge in [0.05, 0.1) is 0 Å². The number of hydrogen-bond acceptors (Lipinski definition) is 5. The van der Waals surface area contributed by atoms with Crippen molar-refractivity contribution in [1.82, 2.24) is 25.1 Å². The number of hydrogen-bond donors (Lipinski definition) is 2. The van der Waals surface area contributed by atoms with Crippen LogP contribution in [0, 0.1) is 6.92 Å². The van der Waals surface area contributed by atoms with Crippen LogP contribution in [0.15, 0.2) is 6.33 Å². The highest BCUT2D eigenvalue weighted by atomic mass is 35.5. The van der Waals surface area contributed by atoms with Crippen molar-refractivity contribution in [2.45, 2.75) is 32.1 Å². The second-order valence-corrected chi connectivity index (χ2v) is 5.09. The van der Waals surface area contributed by atoms with Gasteiger partial charge in [-0.05, 0) is 19.8 Å². The lowest BCUT2D eigenvalue weighted by molar-refractivity contribution is 0.877. The Morgan fingerprint density at radius 3 is 2.95 bits per heavy atom. The van der Waals surface area contributed by atoms with Crippen LogP contribution < -0.4 is 5.32 Å². The fourth-order valence-electron chi connectivity index (χ4n) is 1.85. The first kappa shape index (κ1) is 12.3. The summed E-state index contributed by atoms with van der Waals surface area (Å²) >= 11 is 6.15. The van der Waals surface area contributed by atoms with Gasteiger partial charge in [-0.3, -0.25) is 5.10 Å². The van der Waals surface area contributed by atoms with Crippen molar-refractivity contribution in [3.8, 4) is 0 Å². The first-order valence-electron chi connectivity index (χ1n) is 6.36. The summed E-state index contributed by atoms with van der Waals surface area (Å²) in [5.41, 5.74) is 0.892. The zero-order chi connectivity index (χ0) is 13.2. The van der Waals surface area contributed by atoms with Crippen molar-refractivity contribution in [3.05, 3.63) is 28.7 Å². The molecule has 2 aromatic heterocycles. The highest BCUT2D eigenvalue weighted by molar-refractivity contribution is 6.30. The Morgan fingerprint density at radius 1 is 1.42 bits per heavy atom. The maximum absolute atomic E-state index is 6.15. The van der Waals surface area contributed by atoms with Crippen molar-refractivity contribution in [2.24, 2.45) is 0 Å². The average Bonchev–Trinajstić information content (AvgIpc) is 3.12. The molecule has 1 aliphatic rings. The molecule has 6 nitrogen and oxygen atoms in total. The highest BCUT2D eigenvalue weighted by Gasteiger charge is 2.27. The Morgan fingerprint density at radius 2 is 2.26 bits per heavy atom. The molecule has 0 aliphatic heterocycles. The van der Waals surface area contributed by atoms with Gasteiger partial charge in [-0.2, -0.15) is 5.10 Å². The first-order chi connectivity index (χ1) is 9.24. The van der Waals surface area contributed by atoms with Gasteiger partial charge < -0.3 is 5.32 Å². The van der Waals surface area contributed by atoms with Crippen molar-refractivity contribution in [3.63, 3.8) is 0 Å². The molecule has 0 bridgehead atoms. The van der Waals surface area contributed by atoms with E-state index in [0.29, 0.717) is 11.1 Å². The van der Waals surface area contributed by atoms with E-state index in [0.717, 1.165) is 48.8 Å². The van der Waals surface area contributed by atoms with Crippen molar-refractivity contribution < 1.29 is 0 Å². The van der Waals surface area contributed by atoms with Crippen LogP contribution in [0.3, 0.4) is 0 Å². The zero-order valence-electron chi connectivity index (χ0n) is 10.6. The normalized spacial score (nSPS) is 14.6. The zero-order valence-corrected chi connectivity index (χ0v) is 11.4. The predicted molar refractivity (Wildman–Crippen MR) is 72.3 cm³/mol. The van der Waals surface area contributed by atoms with Crippen LogP contribution in [-0.4, -0.2) is 31.7 Å². The van der Waals surface area contributed by atoms with Gasteiger partial charge in [-0.25, -0.2) is 15.0 Å². The number of aromatic amines is 1. The molecular weight excluding hydrogens is 264 g/mol. The van der Waals surface area contributed by atoms with E-state index in [1.807, 2.05) is 6.92 Å². The summed E-state index contributed by atoms with van der Waals surface area (Å²) in [5, 5.41) is 10.5. The van der Waals surface area contributed by atoms with Gasteiger partial charge in [-0.1, -0.05) is 11.6 Å².